The van der Waals surface area contributed by atoms with E-state index in [0.29, 0.717) is 30.3 Å². The highest BCUT2D eigenvalue weighted by Crippen LogP contribution is 2.32. The molecule has 7 nitrogen and oxygen atoms in total. The molecule has 0 bridgehead atoms. The Morgan fingerprint density at radius 1 is 0.958 bits per heavy atom. The average Bonchev–Trinajstić information content (AvgIpc) is 3.26. The quantitative estimate of drug-likeness (QED) is 0.807. The first-order valence-corrected chi connectivity index (χ1v) is 7.65. The molecule has 24 heavy (non-hydrogen) atoms. The van der Waals surface area contributed by atoms with Crippen molar-refractivity contribution in [3.8, 4) is 11.5 Å². The number of rotatable bonds is 7. The summed E-state index contributed by atoms with van der Waals surface area (Å²) in [7, 11) is 0. The second-order valence-corrected chi connectivity index (χ2v) is 5.32. The summed E-state index contributed by atoms with van der Waals surface area (Å²) in [6.45, 7) is 0.923. The molecule has 7 heteroatoms. The van der Waals surface area contributed by atoms with Crippen LogP contribution in [0, 0.1) is 0 Å². The number of hydrogen-bond donors (Lipinski definition) is 2. The van der Waals surface area contributed by atoms with E-state index >= 15 is 0 Å². The zero-order chi connectivity index (χ0) is 16.8. The van der Waals surface area contributed by atoms with Crippen molar-refractivity contribution in [3.63, 3.8) is 0 Å². The van der Waals surface area contributed by atoms with Crippen LogP contribution in [0.1, 0.15) is 24.2 Å². The van der Waals surface area contributed by atoms with E-state index in [1.54, 1.807) is 18.4 Å². The number of ether oxygens (including phenoxy) is 2. The first-order valence-electron chi connectivity index (χ1n) is 7.65. The topological polar surface area (TPSA) is 89.8 Å². The van der Waals surface area contributed by atoms with Crippen LogP contribution in [0.3, 0.4) is 0 Å². The van der Waals surface area contributed by atoms with Gasteiger partial charge in [0, 0.05) is 19.4 Å². The Hall–Kier alpha value is -2.96. The Bertz CT molecular complexity index is 712. The molecule has 2 heterocycles. The maximum Gasteiger partial charge on any atom is 0.231 e. The molecule has 0 fully saturated rings. The van der Waals surface area contributed by atoms with Crippen molar-refractivity contribution in [2.24, 2.45) is 0 Å². The molecule has 1 aliphatic heterocycles. The summed E-state index contributed by atoms with van der Waals surface area (Å²) in [6.07, 6.45) is 1.81. The number of carbonyl (C=O) groups is 2. The lowest BCUT2D eigenvalue weighted by Gasteiger charge is -2.07. The fourth-order valence-corrected chi connectivity index (χ4v) is 2.25. The molecule has 2 aromatic rings. The molecule has 3 rings (SSSR count). The highest BCUT2D eigenvalue weighted by molar-refractivity contribution is 5.83. The van der Waals surface area contributed by atoms with Gasteiger partial charge in [-0.05, 0) is 29.8 Å². The SMILES string of the molecule is O=C(CCC(=O)NCc1ccco1)NCc1ccc2c(c1)OCO2. The minimum absolute atomic E-state index is 0.133. The average molecular weight is 330 g/mol. The van der Waals surface area contributed by atoms with Gasteiger partial charge in [-0.2, -0.15) is 0 Å². The smallest absolute Gasteiger partial charge is 0.231 e. The zero-order valence-electron chi connectivity index (χ0n) is 13.0. The van der Waals surface area contributed by atoms with Crippen molar-refractivity contribution in [1.82, 2.24) is 10.6 Å². The van der Waals surface area contributed by atoms with Gasteiger partial charge >= 0.3 is 0 Å². The van der Waals surface area contributed by atoms with E-state index in [0.717, 1.165) is 5.56 Å². The molecule has 0 atom stereocenters. The molecule has 2 N–H and O–H groups in total. The van der Waals surface area contributed by atoms with Crippen LogP contribution in [-0.4, -0.2) is 18.6 Å². The lowest BCUT2D eigenvalue weighted by Crippen LogP contribution is -2.27. The van der Waals surface area contributed by atoms with E-state index in [4.69, 9.17) is 13.9 Å². The van der Waals surface area contributed by atoms with Gasteiger partial charge in [0.15, 0.2) is 11.5 Å². The van der Waals surface area contributed by atoms with Gasteiger partial charge in [-0.1, -0.05) is 6.07 Å². The van der Waals surface area contributed by atoms with Crippen molar-refractivity contribution < 1.29 is 23.5 Å². The maximum atomic E-state index is 11.8. The molecule has 1 aromatic carbocycles. The molecule has 0 saturated heterocycles. The van der Waals surface area contributed by atoms with Crippen LogP contribution in [0.5, 0.6) is 11.5 Å². The molecule has 0 aliphatic carbocycles. The number of carbonyl (C=O) groups excluding carboxylic acids is 2. The van der Waals surface area contributed by atoms with Gasteiger partial charge < -0.3 is 24.5 Å². The van der Waals surface area contributed by atoms with Crippen LogP contribution in [-0.2, 0) is 22.7 Å². The summed E-state index contributed by atoms with van der Waals surface area (Å²) in [5, 5.41) is 5.48. The molecule has 0 spiro atoms. The predicted molar refractivity (Wildman–Crippen MR) is 84.2 cm³/mol. The fourth-order valence-electron chi connectivity index (χ4n) is 2.25. The highest BCUT2D eigenvalue weighted by atomic mass is 16.7. The monoisotopic (exact) mass is 330 g/mol. The number of furan rings is 1. The Morgan fingerprint density at radius 3 is 2.46 bits per heavy atom. The number of hydrogen-bond acceptors (Lipinski definition) is 5. The van der Waals surface area contributed by atoms with E-state index in [-0.39, 0.29) is 31.4 Å². The third-order valence-electron chi connectivity index (χ3n) is 3.55. The normalized spacial score (nSPS) is 12.0. The van der Waals surface area contributed by atoms with Crippen molar-refractivity contribution in [1.29, 1.82) is 0 Å². The first-order chi connectivity index (χ1) is 11.7. The van der Waals surface area contributed by atoms with Crippen LogP contribution in [0.25, 0.3) is 0 Å². The fraction of sp³-hybridized carbons (Fsp3) is 0.294. The third kappa shape index (κ3) is 4.28. The van der Waals surface area contributed by atoms with Crippen molar-refractivity contribution in [2.75, 3.05) is 6.79 Å². The Morgan fingerprint density at radius 2 is 1.71 bits per heavy atom. The van der Waals surface area contributed by atoms with Crippen molar-refractivity contribution in [3.05, 3.63) is 47.9 Å². The Labute approximate surface area is 138 Å². The molecule has 126 valence electrons. The number of fused-ring (bicyclic) bond motifs is 1. The van der Waals surface area contributed by atoms with Crippen molar-refractivity contribution >= 4 is 11.8 Å². The molecule has 1 aromatic heterocycles. The predicted octanol–water partition coefficient (Wildman–Crippen LogP) is 1.72. The standard InChI is InChI=1S/C17H18N2O5/c20-16(5-6-17(21)19-10-13-2-1-7-22-13)18-9-12-3-4-14-15(8-12)24-11-23-14/h1-4,7-8H,5-6,9-11H2,(H,18,20)(H,19,21). The van der Waals surface area contributed by atoms with Crippen LogP contribution in [0.15, 0.2) is 41.0 Å². The van der Waals surface area contributed by atoms with Gasteiger partial charge in [0.2, 0.25) is 18.6 Å². The second kappa shape index (κ2) is 7.54. The number of amides is 2. The van der Waals surface area contributed by atoms with Gasteiger partial charge in [0.05, 0.1) is 12.8 Å². The summed E-state index contributed by atoms with van der Waals surface area (Å²) in [6, 6.07) is 9.04. The van der Waals surface area contributed by atoms with Crippen LogP contribution in [0.4, 0.5) is 0 Å². The van der Waals surface area contributed by atoms with Gasteiger partial charge in [-0.25, -0.2) is 0 Å². The van der Waals surface area contributed by atoms with Crippen LogP contribution < -0.4 is 20.1 Å². The van der Waals surface area contributed by atoms with Gasteiger partial charge in [-0.3, -0.25) is 9.59 Å². The molecular weight excluding hydrogens is 312 g/mol. The molecule has 1 aliphatic rings. The summed E-state index contributed by atoms with van der Waals surface area (Å²) in [5.74, 6) is 1.69. The number of nitrogens with one attached hydrogen (secondary N) is 2. The molecule has 0 saturated carbocycles. The minimum atomic E-state index is -0.190. The van der Waals surface area contributed by atoms with Crippen LogP contribution >= 0.6 is 0 Å². The van der Waals surface area contributed by atoms with Gasteiger partial charge in [0.25, 0.3) is 0 Å². The summed E-state index contributed by atoms with van der Waals surface area (Å²) in [5.41, 5.74) is 0.912. The third-order valence-corrected chi connectivity index (χ3v) is 3.55. The lowest BCUT2D eigenvalue weighted by atomic mass is 10.2. The second-order valence-electron chi connectivity index (χ2n) is 5.32. The summed E-state index contributed by atoms with van der Waals surface area (Å²) < 4.78 is 15.6. The highest BCUT2D eigenvalue weighted by Gasteiger charge is 2.13. The van der Waals surface area contributed by atoms with Crippen LogP contribution in [0.2, 0.25) is 0 Å². The van der Waals surface area contributed by atoms with E-state index < -0.39 is 0 Å². The molecule has 0 radical (unpaired) electrons. The Kier molecular flexibility index (Phi) is 5.00. The van der Waals surface area contributed by atoms with E-state index in [1.807, 2.05) is 18.2 Å². The van der Waals surface area contributed by atoms with E-state index in [9.17, 15) is 9.59 Å². The van der Waals surface area contributed by atoms with Crippen molar-refractivity contribution in [2.45, 2.75) is 25.9 Å². The lowest BCUT2D eigenvalue weighted by molar-refractivity contribution is -0.126. The zero-order valence-corrected chi connectivity index (χ0v) is 13.0. The minimum Gasteiger partial charge on any atom is -0.467 e. The van der Waals surface area contributed by atoms with E-state index in [1.165, 1.54) is 0 Å². The molecule has 0 unspecified atom stereocenters. The molecule has 2 amide bonds. The summed E-state index contributed by atoms with van der Waals surface area (Å²) >= 11 is 0. The Balaban J connectivity index is 1.35. The largest absolute Gasteiger partial charge is 0.467 e. The number of benzene rings is 1. The first kappa shape index (κ1) is 15.9. The van der Waals surface area contributed by atoms with Gasteiger partial charge in [0.1, 0.15) is 5.76 Å². The molecular formula is C17H18N2O5. The van der Waals surface area contributed by atoms with E-state index in [2.05, 4.69) is 10.6 Å². The summed E-state index contributed by atoms with van der Waals surface area (Å²) in [4.78, 5) is 23.5. The van der Waals surface area contributed by atoms with Gasteiger partial charge in [-0.15, -0.1) is 0 Å². The maximum absolute atomic E-state index is 11.8.